The van der Waals surface area contributed by atoms with Gasteiger partial charge in [0.15, 0.2) is 5.78 Å². The summed E-state index contributed by atoms with van der Waals surface area (Å²) in [5, 5.41) is 12.1. The molecule has 9 nitrogen and oxygen atoms in total. The summed E-state index contributed by atoms with van der Waals surface area (Å²) in [5.74, 6) is -0.592. The maximum atomic E-state index is 13.3. The summed E-state index contributed by atoms with van der Waals surface area (Å²) < 4.78 is 1.94. The van der Waals surface area contributed by atoms with Gasteiger partial charge in [0.25, 0.3) is 5.91 Å². The summed E-state index contributed by atoms with van der Waals surface area (Å²) in [6.45, 7) is 4.04. The highest BCUT2D eigenvalue weighted by Crippen LogP contribution is 2.25. The lowest BCUT2D eigenvalue weighted by Gasteiger charge is -2.08. The Labute approximate surface area is 188 Å². The fraction of sp³-hybridized carbons (Fsp3) is 0.125. The van der Waals surface area contributed by atoms with E-state index < -0.39 is 0 Å². The second kappa shape index (κ2) is 8.19. The van der Waals surface area contributed by atoms with Gasteiger partial charge in [0.05, 0.1) is 34.7 Å². The van der Waals surface area contributed by atoms with Gasteiger partial charge in [-0.25, -0.2) is 9.97 Å². The number of hydrogen-bond acceptors (Lipinski definition) is 7. The van der Waals surface area contributed by atoms with E-state index in [0.717, 1.165) is 0 Å². The van der Waals surface area contributed by atoms with E-state index in [1.807, 2.05) is 36.6 Å². The molecule has 0 bridgehead atoms. The lowest BCUT2D eigenvalue weighted by Crippen LogP contribution is -2.14. The Balaban J connectivity index is 1.47. The molecule has 1 N–H and O–H groups in total. The zero-order valence-electron chi connectivity index (χ0n) is 17.9. The fourth-order valence-electron chi connectivity index (χ4n) is 3.74. The topological polar surface area (TPSA) is 116 Å². The van der Waals surface area contributed by atoms with Crippen LogP contribution in [0.25, 0.3) is 21.9 Å². The first-order valence-electron chi connectivity index (χ1n) is 10.3. The normalized spacial score (nSPS) is 11.2. The summed E-state index contributed by atoms with van der Waals surface area (Å²) in [4.78, 5) is 38.8. The lowest BCUT2D eigenvalue weighted by atomic mass is 10.1. The van der Waals surface area contributed by atoms with Crippen molar-refractivity contribution in [2.45, 2.75) is 19.9 Å². The summed E-state index contributed by atoms with van der Waals surface area (Å²) in [6.07, 6.45) is 9.27. The van der Waals surface area contributed by atoms with Crippen molar-refractivity contribution in [3.8, 4) is 0 Å². The van der Waals surface area contributed by atoms with Gasteiger partial charge in [-0.15, -0.1) is 0 Å². The molecule has 0 aliphatic rings. The predicted molar refractivity (Wildman–Crippen MR) is 123 cm³/mol. The number of hydrogen-bond donors (Lipinski definition) is 1. The van der Waals surface area contributed by atoms with E-state index in [4.69, 9.17) is 0 Å². The van der Waals surface area contributed by atoms with Gasteiger partial charge in [-0.05, 0) is 26.0 Å². The quantitative estimate of drug-likeness (QED) is 0.415. The zero-order chi connectivity index (χ0) is 22.9. The number of benzene rings is 1. The third-order valence-corrected chi connectivity index (χ3v) is 5.34. The average Bonchev–Trinajstić information content (AvgIpc) is 3.23. The highest BCUT2D eigenvalue weighted by atomic mass is 16.1. The van der Waals surface area contributed by atoms with Crippen LogP contribution in [0.5, 0.6) is 0 Å². The maximum Gasteiger partial charge on any atom is 0.258 e. The van der Waals surface area contributed by atoms with Crippen molar-refractivity contribution < 1.29 is 9.59 Å². The van der Waals surface area contributed by atoms with Crippen molar-refractivity contribution >= 4 is 39.3 Å². The Morgan fingerprint density at radius 2 is 1.82 bits per heavy atom. The van der Waals surface area contributed by atoms with Crippen LogP contribution in [0.4, 0.5) is 5.69 Å². The molecule has 0 saturated heterocycles. The first-order valence-corrected chi connectivity index (χ1v) is 10.3. The summed E-state index contributed by atoms with van der Waals surface area (Å²) in [6, 6.07) is 8.99. The Morgan fingerprint density at radius 1 is 0.970 bits per heavy atom. The van der Waals surface area contributed by atoms with Gasteiger partial charge in [-0.3, -0.25) is 14.6 Å². The van der Waals surface area contributed by atoms with Crippen LogP contribution >= 0.6 is 0 Å². The summed E-state index contributed by atoms with van der Waals surface area (Å²) in [5.41, 5.74) is 2.92. The number of nitrogens with zero attached hydrogens (tertiary/aromatic N) is 6. The number of fused-ring (bicyclic) bond motifs is 2. The molecule has 5 rings (SSSR count). The Kier molecular flexibility index (Phi) is 5.06. The van der Waals surface area contributed by atoms with Crippen LogP contribution in [0.2, 0.25) is 0 Å². The van der Waals surface area contributed by atoms with Crippen LogP contribution in [-0.2, 0) is 0 Å². The average molecular weight is 437 g/mol. The highest BCUT2D eigenvalue weighted by molar-refractivity contribution is 6.17. The van der Waals surface area contributed by atoms with Gasteiger partial charge in [-0.2, -0.15) is 10.2 Å². The van der Waals surface area contributed by atoms with Crippen molar-refractivity contribution in [1.82, 2.24) is 29.7 Å². The maximum absolute atomic E-state index is 13.3. The van der Waals surface area contributed by atoms with Crippen molar-refractivity contribution in [3.05, 3.63) is 84.3 Å². The third-order valence-electron chi connectivity index (χ3n) is 5.34. The molecule has 0 radical (unpaired) electrons. The number of ketones is 1. The molecule has 4 heterocycles. The predicted octanol–water partition coefficient (Wildman–Crippen LogP) is 3.83. The van der Waals surface area contributed by atoms with E-state index in [1.165, 1.54) is 24.9 Å². The number of rotatable bonds is 5. The van der Waals surface area contributed by atoms with Gasteiger partial charge in [0.1, 0.15) is 12.0 Å². The monoisotopic (exact) mass is 437 g/mol. The minimum Gasteiger partial charge on any atom is -0.329 e. The van der Waals surface area contributed by atoms with E-state index >= 15 is 0 Å². The van der Waals surface area contributed by atoms with E-state index in [2.05, 4.69) is 30.5 Å². The molecule has 0 spiro atoms. The lowest BCUT2D eigenvalue weighted by molar-refractivity contribution is 0.102. The fourth-order valence-corrected chi connectivity index (χ4v) is 3.74. The van der Waals surface area contributed by atoms with Crippen LogP contribution in [-0.4, -0.2) is 41.4 Å². The molecule has 1 aromatic carbocycles. The van der Waals surface area contributed by atoms with Crippen LogP contribution in [0.15, 0.2) is 67.6 Å². The smallest absolute Gasteiger partial charge is 0.258 e. The summed E-state index contributed by atoms with van der Waals surface area (Å²) >= 11 is 0. The molecule has 0 fully saturated rings. The minimum atomic E-state index is -0.364. The SMILES string of the molecule is CC(C)n1cc(C(=O)c2cncc(NC(=O)c3cnnc4ccccc34)c2)c2cncnc21. The molecular formula is C24H19N7O2. The van der Waals surface area contributed by atoms with E-state index in [9.17, 15) is 9.59 Å². The number of pyridine rings is 1. The van der Waals surface area contributed by atoms with Crippen molar-refractivity contribution in [2.75, 3.05) is 5.32 Å². The van der Waals surface area contributed by atoms with Crippen LogP contribution in [0, 0.1) is 0 Å². The van der Waals surface area contributed by atoms with Crippen LogP contribution in [0.3, 0.4) is 0 Å². The van der Waals surface area contributed by atoms with E-state index in [1.54, 1.807) is 24.5 Å². The molecule has 9 heteroatoms. The Morgan fingerprint density at radius 3 is 2.67 bits per heavy atom. The van der Waals surface area contributed by atoms with Gasteiger partial charge in [-0.1, -0.05) is 18.2 Å². The Hall–Kier alpha value is -4.53. The van der Waals surface area contributed by atoms with Crippen molar-refractivity contribution in [3.63, 3.8) is 0 Å². The molecule has 0 saturated carbocycles. The van der Waals surface area contributed by atoms with Gasteiger partial charge in [0, 0.05) is 41.0 Å². The second-order valence-corrected chi connectivity index (χ2v) is 7.82. The van der Waals surface area contributed by atoms with Crippen molar-refractivity contribution in [1.29, 1.82) is 0 Å². The first kappa shape index (κ1) is 20.4. The molecule has 0 atom stereocenters. The molecular weight excluding hydrogens is 418 g/mol. The van der Waals surface area contributed by atoms with Crippen LogP contribution in [0.1, 0.15) is 46.2 Å². The molecule has 1 amide bonds. The molecule has 33 heavy (non-hydrogen) atoms. The minimum absolute atomic E-state index is 0.122. The summed E-state index contributed by atoms with van der Waals surface area (Å²) in [7, 11) is 0. The van der Waals surface area contributed by atoms with E-state index in [-0.39, 0.29) is 17.7 Å². The molecule has 0 aliphatic heterocycles. The van der Waals surface area contributed by atoms with Gasteiger partial charge >= 0.3 is 0 Å². The Bertz CT molecular complexity index is 1520. The zero-order valence-corrected chi connectivity index (χ0v) is 17.9. The molecule has 0 aliphatic carbocycles. The molecule has 5 aromatic rings. The molecule has 4 aromatic heterocycles. The number of anilines is 1. The van der Waals surface area contributed by atoms with Gasteiger partial charge < -0.3 is 9.88 Å². The van der Waals surface area contributed by atoms with Crippen molar-refractivity contribution in [2.24, 2.45) is 0 Å². The molecule has 0 unspecified atom stereocenters. The number of carbonyl (C=O) groups excluding carboxylic acids is 2. The van der Waals surface area contributed by atoms with E-state index in [0.29, 0.717) is 44.3 Å². The van der Waals surface area contributed by atoms with Crippen LogP contribution < -0.4 is 5.32 Å². The number of amides is 1. The number of nitrogens with one attached hydrogen (secondary N) is 1. The second-order valence-electron chi connectivity index (χ2n) is 7.82. The van der Waals surface area contributed by atoms with Gasteiger partial charge in [0.2, 0.25) is 0 Å². The first-order chi connectivity index (χ1) is 16.0. The third kappa shape index (κ3) is 3.69. The molecule has 162 valence electrons. The number of aromatic nitrogens is 6. The number of carbonyl (C=O) groups is 2. The highest BCUT2D eigenvalue weighted by Gasteiger charge is 2.20. The standard InChI is InChI=1S/C24H19N7O2/c1-14(2)31-12-20(18-10-26-13-27-23(18)31)22(32)15-7-16(9-25-8-15)29-24(33)19-11-28-30-21-6-4-3-5-17(19)21/h3-14H,1-2H3,(H,29,33). The largest absolute Gasteiger partial charge is 0.329 e.